The van der Waals surface area contributed by atoms with Crippen molar-refractivity contribution in [2.24, 2.45) is 0 Å². The molecule has 0 fully saturated rings. The predicted molar refractivity (Wildman–Crippen MR) is 214 cm³/mol. The van der Waals surface area contributed by atoms with Crippen molar-refractivity contribution in [1.82, 2.24) is 0 Å². The number of hydrogen-bond acceptors (Lipinski definition) is 0. The van der Waals surface area contributed by atoms with Gasteiger partial charge >= 0.3 is 0 Å². The van der Waals surface area contributed by atoms with Crippen LogP contribution < -0.4 is 16.4 Å². The van der Waals surface area contributed by atoms with Gasteiger partial charge in [-0.3, -0.25) is 0 Å². The average Bonchev–Trinajstić information content (AvgIpc) is 3.10. The summed E-state index contributed by atoms with van der Waals surface area (Å²) in [5.74, 6) is 1.24. The number of benzene rings is 9. The largest absolute Gasteiger partial charge is 0.243 e. The van der Waals surface area contributed by atoms with Gasteiger partial charge in [-0.1, -0.05) is 179 Å². The van der Waals surface area contributed by atoms with Crippen LogP contribution in [-0.2, 0) is 0 Å². The fraction of sp³-hybridized carbons (Fsp3) is 0.191. The van der Waals surface area contributed by atoms with E-state index in [0.29, 0.717) is 17.8 Å². The first-order valence-corrected chi connectivity index (χ1v) is 17.8. The Labute approximate surface area is 284 Å². The van der Waals surface area contributed by atoms with Crippen molar-refractivity contribution in [2.45, 2.75) is 59.3 Å². The van der Waals surface area contributed by atoms with Gasteiger partial charge in [0, 0.05) is 0 Å². The zero-order chi connectivity index (χ0) is 32.8. The van der Waals surface area contributed by atoms with Gasteiger partial charge in [0.05, 0.1) is 0 Å². The highest BCUT2D eigenvalue weighted by Crippen LogP contribution is 2.37. The summed E-state index contributed by atoms with van der Waals surface area (Å²) in [5, 5.41) is 16.2. The molecule has 9 aromatic carbocycles. The van der Waals surface area contributed by atoms with E-state index >= 15 is 0 Å². The van der Waals surface area contributed by atoms with E-state index in [1.807, 2.05) is 0 Å². The van der Waals surface area contributed by atoms with E-state index < -0.39 is 0 Å². The van der Waals surface area contributed by atoms with Gasteiger partial charge in [0.2, 0.25) is 6.71 Å². The Balaban J connectivity index is 1.47. The van der Waals surface area contributed by atoms with Gasteiger partial charge in [0.15, 0.2) is 0 Å². The lowest BCUT2D eigenvalue weighted by molar-refractivity contribution is 0.812. The van der Waals surface area contributed by atoms with E-state index in [9.17, 15) is 0 Å². The van der Waals surface area contributed by atoms with Crippen molar-refractivity contribution in [3.05, 3.63) is 138 Å². The number of hydrogen-bond donors (Lipinski definition) is 0. The highest BCUT2D eigenvalue weighted by Gasteiger charge is 2.33. The maximum Gasteiger partial charge on any atom is 0.243 e. The lowest BCUT2D eigenvalue weighted by Crippen LogP contribution is -2.55. The maximum absolute atomic E-state index is 2.54. The zero-order valence-electron chi connectivity index (χ0n) is 28.9. The van der Waals surface area contributed by atoms with E-state index in [1.165, 1.54) is 97.7 Å². The molecule has 0 atom stereocenters. The van der Waals surface area contributed by atoms with Gasteiger partial charge in [-0.15, -0.1) is 0 Å². The van der Waals surface area contributed by atoms with Crippen LogP contribution in [0.3, 0.4) is 0 Å². The van der Waals surface area contributed by atoms with Gasteiger partial charge in [0.1, 0.15) is 0 Å². The van der Waals surface area contributed by atoms with E-state index in [2.05, 4.69) is 163 Å². The first kappa shape index (κ1) is 29.3. The molecule has 0 N–H and O–H groups in total. The second-order valence-corrected chi connectivity index (χ2v) is 15.0. The molecule has 0 unspecified atom stereocenters. The highest BCUT2D eigenvalue weighted by atomic mass is 14.2. The standard InChI is InChI=1S/C47H41B/c1-27(2)36-25-39(28(3)4)47(40(26-36)29(5)6)48(41-23-19-34-15-13-30-9-7-11-32-17-21-37(41)45(34)43(30)32)42-24-20-35-16-14-31-10-8-12-33-18-22-38(42)46(35)44(31)33/h7-29H,1-6H3. The Hall–Kier alpha value is -4.88. The Bertz CT molecular complexity index is 2450. The minimum Gasteiger partial charge on any atom is -0.0657 e. The Morgan fingerprint density at radius 3 is 1.10 bits per heavy atom. The lowest BCUT2D eigenvalue weighted by atomic mass is 9.33. The Kier molecular flexibility index (Phi) is 6.60. The van der Waals surface area contributed by atoms with E-state index in [1.54, 1.807) is 0 Å². The third kappa shape index (κ3) is 4.23. The van der Waals surface area contributed by atoms with Crippen molar-refractivity contribution >= 4 is 87.7 Å². The van der Waals surface area contributed by atoms with Crippen molar-refractivity contribution in [2.75, 3.05) is 0 Å². The predicted octanol–water partition coefficient (Wildman–Crippen LogP) is 11.4. The van der Waals surface area contributed by atoms with E-state index in [-0.39, 0.29) is 6.71 Å². The summed E-state index contributed by atoms with van der Waals surface area (Å²) in [5.41, 5.74) is 8.69. The third-order valence-corrected chi connectivity index (χ3v) is 11.2. The van der Waals surface area contributed by atoms with E-state index in [0.717, 1.165) is 0 Å². The summed E-state index contributed by atoms with van der Waals surface area (Å²) in [4.78, 5) is 0. The maximum atomic E-state index is 2.54. The second kappa shape index (κ2) is 10.8. The Morgan fingerprint density at radius 1 is 0.375 bits per heavy atom. The smallest absolute Gasteiger partial charge is 0.0657 e. The summed E-state index contributed by atoms with van der Waals surface area (Å²) in [6, 6.07) is 47.0. The number of rotatable bonds is 6. The van der Waals surface area contributed by atoms with Crippen LogP contribution in [-0.4, -0.2) is 6.71 Å². The molecule has 0 spiro atoms. The lowest BCUT2D eigenvalue weighted by Gasteiger charge is -2.30. The SMILES string of the molecule is CC(C)c1cc(C(C)C)c(B(c2ccc3ccc4cccc5ccc2c3c45)c2ccc3ccc4cccc5ccc2c3c45)c(C(C)C)c1. The van der Waals surface area contributed by atoms with Crippen LogP contribution in [0.15, 0.2) is 121 Å². The topological polar surface area (TPSA) is 0 Å². The van der Waals surface area contributed by atoms with Crippen LogP contribution in [0.5, 0.6) is 0 Å². The van der Waals surface area contributed by atoms with E-state index in [4.69, 9.17) is 0 Å². The van der Waals surface area contributed by atoms with Gasteiger partial charge < -0.3 is 0 Å². The van der Waals surface area contributed by atoms with Gasteiger partial charge in [-0.2, -0.15) is 0 Å². The zero-order valence-corrected chi connectivity index (χ0v) is 28.9. The van der Waals surface area contributed by atoms with Crippen molar-refractivity contribution in [1.29, 1.82) is 0 Å². The van der Waals surface area contributed by atoms with Crippen LogP contribution in [0.2, 0.25) is 0 Å². The van der Waals surface area contributed by atoms with Crippen LogP contribution in [0, 0.1) is 0 Å². The second-order valence-electron chi connectivity index (χ2n) is 15.0. The summed E-state index contributed by atoms with van der Waals surface area (Å²) < 4.78 is 0. The molecule has 0 amide bonds. The molecule has 0 aliphatic carbocycles. The normalized spacial score (nSPS) is 12.5. The molecule has 0 radical (unpaired) electrons. The molecule has 0 nitrogen and oxygen atoms in total. The molecule has 0 heterocycles. The highest BCUT2D eigenvalue weighted by molar-refractivity contribution is 6.99. The molecule has 1 heteroatoms. The molecule has 0 bridgehead atoms. The fourth-order valence-electron chi connectivity index (χ4n) is 8.84. The van der Waals surface area contributed by atoms with Gasteiger partial charge in [0.25, 0.3) is 0 Å². The van der Waals surface area contributed by atoms with Crippen molar-refractivity contribution in [3.8, 4) is 0 Å². The molecular formula is C47H41B. The molecule has 232 valence electrons. The van der Waals surface area contributed by atoms with Crippen LogP contribution in [0.4, 0.5) is 0 Å². The minimum atomic E-state index is 0.0650. The van der Waals surface area contributed by atoms with Crippen LogP contribution >= 0.6 is 0 Å². The van der Waals surface area contributed by atoms with Crippen molar-refractivity contribution < 1.29 is 0 Å². The molecule has 0 aliphatic heterocycles. The first-order valence-electron chi connectivity index (χ1n) is 17.8. The molecule has 0 saturated heterocycles. The van der Waals surface area contributed by atoms with Gasteiger partial charge in [-0.05, 0) is 99.1 Å². The summed E-state index contributed by atoms with van der Waals surface area (Å²) in [6.07, 6.45) is 0. The molecule has 0 aliphatic rings. The summed E-state index contributed by atoms with van der Waals surface area (Å²) in [6.45, 7) is 14.3. The average molecular weight is 617 g/mol. The Morgan fingerprint density at radius 2 is 0.729 bits per heavy atom. The van der Waals surface area contributed by atoms with Crippen LogP contribution in [0.1, 0.15) is 76.0 Å². The van der Waals surface area contributed by atoms with Crippen LogP contribution in [0.25, 0.3) is 64.6 Å². The molecule has 48 heavy (non-hydrogen) atoms. The summed E-state index contributed by atoms with van der Waals surface area (Å²) in [7, 11) is 0. The van der Waals surface area contributed by atoms with Crippen molar-refractivity contribution in [3.63, 3.8) is 0 Å². The quantitative estimate of drug-likeness (QED) is 0.129. The molecule has 0 saturated carbocycles. The molecule has 0 aromatic heterocycles. The molecular weight excluding hydrogens is 575 g/mol. The molecule has 9 rings (SSSR count). The van der Waals surface area contributed by atoms with Gasteiger partial charge in [-0.25, -0.2) is 0 Å². The monoisotopic (exact) mass is 616 g/mol. The first-order chi connectivity index (χ1) is 23.3. The third-order valence-electron chi connectivity index (χ3n) is 11.2. The minimum absolute atomic E-state index is 0.0650. The summed E-state index contributed by atoms with van der Waals surface area (Å²) >= 11 is 0. The fourth-order valence-corrected chi connectivity index (χ4v) is 8.84. The molecule has 9 aromatic rings.